The Labute approximate surface area is 183 Å². The molecule has 1 aliphatic rings. The van der Waals surface area contributed by atoms with E-state index in [-0.39, 0.29) is 18.9 Å². The van der Waals surface area contributed by atoms with Gasteiger partial charge in [0.1, 0.15) is 17.4 Å². The molecule has 2 heterocycles. The van der Waals surface area contributed by atoms with E-state index in [1.165, 1.54) is 25.3 Å². The second kappa shape index (κ2) is 10.3. The van der Waals surface area contributed by atoms with Gasteiger partial charge >= 0.3 is 5.97 Å². The molecule has 2 aromatic rings. The number of rotatable bonds is 8. The smallest absolute Gasteiger partial charge is 0.356 e. The van der Waals surface area contributed by atoms with Gasteiger partial charge in [0.05, 0.1) is 19.3 Å². The summed E-state index contributed by atoms with van der Waals surface area (Å²) in [7, 11) is 1.29. The molecule has 1 saturated heterocycles. The molecule has 8 heteroatoms. The summed E-state index contributed by atoms with van der Waals surface area (Å²) in [4.78, 5) is 16.7. The Hall–Kier alpha value is -3.00. The maximum Gasteiger partial charge on any atom is 0.356 e. The number of nitrogens with zero attached hydrogens (tertiary/aromatic N) is 1. The first kappa shape index (κ1) is 22.7. The van der Waals surface area contributed by atoms with Crippen LogP contribution >= 0.6 is 0 Å². The van der Waals surface area contributed by atoms with Crippen LogP contribution in [0.15, 0.2) is 30.3 Å². The Morgan fingerprint density at radius 2 is 2.00 bits per heavy atom. The van der Waals surface area contributed by atoms with Crippen LogP contribution in [-0.4, -0.2) is 43.5 Å². The van der Waals surface area contributed by atoms with E-state index in [2.05, 4.69) is 15.6 Å². The molecule has 0 amide bonds. The van der Waals surface area contributed by atoms with Crippen LogP contribution in [-0.2, 0) is 4.74 Å². The molecule has 168 valence electrons. The number of aromatic nitrogens is 1. The minimum absolute atomic E-state index is 0. The molecule has 1 aromatic heterocycles. The van der Waals surface area contributed by atoms with E-state index in [0.717, 1.165) is 25.9 Å². The minimum Gasteiger partial charge on any atom is -0.492 e. The number of hydrogen-bond donors (Lipinski definition) is 3. The average Bonchev–Trinajstić information content (AvgIpc) is 2.78. The summed E-state index contributed by atoms with van der Waals surface area (Å²) >= 11 is 0. The SMILES string of the molecule is COC(=O)c1cc(OCC2CCNCC2)c(C(=N)C(C)C)c(Nc2ccc(F)cc2)n1.[HH]. The summed E-state index contributed by atoms with van der Waals surface area (Å²) in [6.07, 6.45) is 2.01. The molecule has 3 N–H and O–H groups in total. The third-order valence-corrected chi connectivity index (χ3v) is 5.26. The van der Waals surface area contributed by atoms with Crippen molar-refractivity contribution in [1.29, 1.82) is 5.41 Å². The van der Waals surface area contributed by atoms with Gasteiger partial charge in [0.25, 0.3) is 0 Å². The Morgan fingerprint density at radius 1 is 1.32 bits per heavy atom. The molecular weight excluding hydrogens is 399 g/mol. The lowest BCUT2D eigenvalue weighted by Gasteiger charge is -2.24. The van der Waals surface area contributed by atoms with Crippen molar-refractivity contribution in [2.24, 2.45) is 11.8 Å². The van der Waals surface area contributed by atoms with Gasteiger partial charge in [-0.15, -0.1) is 0 Å². The van der Waals surface area contributed by atoms with Crippen LogP contribution in [0.4, 0.5) is 15.9 Å². The topological polar surface area (TPSA) is 96.3 Å². The van der Waals surface area contributed by atoms with E-state index < -0.39 is 5.97 Å². The van der Waals surface area contributed by atoms with Crippen molar-refractivity contribution in [3.05, 3.63) is 47.4 Å². The Morgan fingerprint density at radius 3 is 2.61 bits per heavy atom. The van der Waals surface area contributed by atoms with E-state index in [0.29, 0.717) is 41.1 Å². The molecule has 7 nitrogen and oxygen atoms in total. The lowest BCUT2D eigenvalue weighted by Crippen LogP contribution is -2.30. The first-order chi connectivity index (χ1) is 14.9. The van der Waals surface area contributed by atoms with Gasteiger partial charge in [-0.2, -0.15) is 0 Å². The van der Waals surface area contributed by atoms with Crippen molar-refractivity contribution in [1.82, 2.24) is 10.3 Å². The van der Waals surface area contributed by atoms with Crippen LogP contribution < -0.4 is 15.4 Å². The van der Waals surface area contributed by atoms with Crippen LogP contribution in [0.25, 0.3) is 0 Å². The molecule has 1 fully saturated rings. The van der Waals surface area contributed by atoms with E-state index in [4.69, 9.17) is 14.9 Å². The Kier molecular flexibility index (Phi) is 7.57. The molecule has 1 aromatic carbocycles. The van der Waals surface area contributed by atoms with Gasteiger partial charge in [-0.05, 0) is 62.0 Å². The van der Waals surface area contributed by atoms with Crippen molar-refractivity contribution in [3.63, 3.8) is 0 Å². The highest BCUT2D eigenvalue weighted by molar-refractivity contribution is 6.07. The van der Waals surface area contributed by atoms with Crippen LogP contribution in [0.1, 0.15) is 44.2 Å². The first-order valence-electron chi connectivity index (χ1n) is 10.5. The Bertz CT molecular complexity index is 932. The number of carbonyl (C=O) groups excluding carboxylic acids is 1. The average molecular weight is 431 g/mol. The number of carbonyl (C=O) groups is 1. The lowest BCUT2D eigenvalue weighted by atomic mass is 9.98. The van der Waals surface area contributed by atoms with E-state index in [9.17, 15) is 9.18 Å². The number of halogens is 1. The Balaban J connectivity index is 0.00000363. The number of anilines is 2. The van der Waals surface area contributed by atoms with E-state index in [1.807, 2.05) is 13.8 Å². The molecule has 0 saturated carbocycles. The van der Waals surface area contributed by atoms with Gasteiger partial charge in [0.2, 0.25) is 0 Å². The highest BCUT2D eigenvalue weighted by Gasteiger charge is 2.24. The summed E-state index contributed by atoms with van der Waals surface area (Å²) < 4.78 is 24.4. The number of piperidine rings is 1. The molecule has 31 heavy (non-hydrogen) atoms. The standard InChI is InChI=1S/C23H29FN4O3.H2/c1-14(2)21(25)20-19(31-13-15-8-10-26-11-9-15)12-18(23(29)30-3)28-22(20)27-17-6-4-16(24)5-7-17;/h4-7,12,14-15,25-26H,8-11,13H2,1-3H3,(H,27,28);1H. The number of methoxy groups -OCH3 is 1. The molecule has 0 spiro atoms. The van der Waals surface area contributed by atoms with Gasteiger partial charge in [0, 0.05) is 18.9 Å². The largest absolute Gasteiger partial charge is 0.492 e. The molecule has 0 bridgehead atoms. The normalized spacial score (nSPS) is 14.4. The fourth-order valence-electron chi connectivity index (χ4n) is 3.41. The summed E-state index contributed by atoms with van der Waals surface area (Å²) in [5.74, 6) is 0.0524. The molecule has 3 rings (SSSR count). The van der Waals surface area contributed by atoms with Crippen LogP contribution in [0, 0.1) is 23.1 Å². The molecule has 0 atom stereocenters. The van der Waals surface area contributed by atoms with Crippen molar-refractivity contribution < 1.29 is 20.1 Å². The zero-order chi connectivity index (χ0) is 22.4. The first-order valence-corrected chi connectivity index (χ1v) is 10.5. The maximum absolute atomic E-state index is 13.3. The second-order valence-corrected chi connectivity index (χ2v) is 7.93. The zero-order valence-electron chi connectivity index (χ0n) is 18.1. The number of esters is 1. The highest BCUT2D eigenvalue weighted by Crippen LogP contribution is 2.32. The summed E-state index contributed by atoms with van der Waals surface area (Å²) in [6.45, 7) is 6.21. The second-order valence-electron chi connectivity index (χ2n) is 7.93. The molecule has 0 unspecified atom stereocenters. The van der Waals surface area contributed by atoms with Gasteiger partial charge in [0.15, 0.2) is 5.69 Å². The van der Waals surface area contributed by atoms with Gasteiger partial charge in [-0.1, -0.05) is 13.8 Å². The molecule has 1 aliphatic heterocycles. The summed E-state index contributed by atoms with van der Waals surface area (Å²) in [5, 5.41) is 15.1. The van der Waals surface area contributed by atoms with Gasteiger partial charge in [-0.3, -0.25) is 0 Å². The monoisotopic (exact) mass is 430 g/mol. The van der Waals surface area contributed by atoms with Gasteiger partial charge < -0.3 is 25.5 Å². The zero-order valence-corrected chi connectivity index (χ0v) is 18.1. The number of nitrogens with one attached hydrogen (secondary N) is 3. The van der Waals surface area contributed by atoms with E-state index >= 15 is 0 Å². The van der Waals surface area contributed by atoms with E-state index in [1.54, 1.807) is 12.1 Å². The number of hydrogen-bond acceptors (Lipinski definition) is 7. The maximum atomic E-state index is 13.3. The lowest BCUT2D eigenvalue weighted by molar-refractivity contribution is 0.0593. The highest BCUT2D eigenvalue weighted by atomic mass is 19.1. The molecular formula is C23H31FN4O3. The number of ether oxygens (including phenoxy) is 2. The quantitative estimate of drug-likeness (QED) is 0.424. The minimum atomic E-state index is -0.600. The molecule has 0 radical (unpaired) electrons. The predicted octanol–water partition coefficient (Wildman–Crippen LogP) is 4.40. The summed E-state index contributed by atoms with van der Waals surface area (Å²) in [5.41, 5.74) is 1.47. The predicted molar refractivity (Wildman–Crippen MR) is 120 cm³/mol. The third-order valence-electron chi connectivity index (χ3n) is 5.26. The number of benzene rings is 1. The third kappa shape index (κ3) is 5.79. The number of pyridine rings is 1. The van der Waals surface area contributed by atoms with Crippen molar-refractivity contribution in [3.8, 4) is 5.75 Å². The van der Waals surface area contributed by atoms with Crippen molar-refractivity contribution in [2.75, 3.05) is 32.1 Å². The van der Waals surface area contributed by atoms with Crippen molar-refractivity contribution >= 4 is 23.2 Å². The van der Waals surface area contributed by atoms with Crippen molar-refractivity contribution in [2.45, 2.75) is 26.7 Å². The van der Waals surface area contributed by atoms with Crippen LogP contribution in [0.2, 0.25) is 0 Å². The fraction of sp³-hybridized carbons (Fsp3) is 0.435. The van der Waals surface area contributed by atoms with Crippen LogP contribution in [0.3, 0.4) is 0 Å². The summed E-state index contributed by atoms with van der Waals surface area (Å²) in [6, 6.07) is 7.33. The molecule has 0 aliphatic carbocycles. The fourth-order valence-corrected chi connectivity index (χ4v) is 3.41. The van der Waals surface area contributed by atoms with Gasteiger partial charge in [-0.25, -0.2) is 14.2 Å². The van der Waals surface area contributed by atoms with Crippen LogP contribution in [0.5, 0.6) is 5.75 Å².